The largest absolute Gasteiger partial charge is 0.480 e. The molecule has 0 spiro atoms. The Kier molecular flexibility index (Phi) is 6.06. The fraction of sp³-hybridized carbons (Fsp3) is 0.444. The number of hydrogen-bond acceptors (Lipinski definition) is 7. The number of rotatable bonds is 4. The third kappa shape index (κ3) is 4.39. The molecule has 2 N–H and O–H groups in total. The molecule has 2 aromatic heterocycles. The molecule has 0 amide bonds. The van der Waals surface area contributed by atoms with Crippen LogP contribution in [0.15, 0.2) is 29.2 Å². The van der Waals surface area contributed by atoms with Crippen LogP contribution < -0.4 is 25.8 Å². The third-order valence-corrected chi connectivity index (χ3v) is 7.82. The van der Waals surface area contributed by atoms with Gasteiger partial charge in [0.05, 0.1) is 23.4 Å². The number of alkyl halides is 2. The first kappa shape index (κ1) is 24.7. The molecule has 38 heavy (non-hydrogen) atoms. The number of hydrogen-bond donors (Lipinski definition) is 2. The van der Waals surface area contributed by atoms with Crippen molar-refractivity contribution in [2.75, 3.05) is 35.2 Å². The fourth-order valence-corrected chi connectivity index (χ4v) is 5.45. The van der Waals surface area contributed by atoms with Crippen LogP contribution in [0.3, 0.4) is 0 Å². The Hall–Kier alpha value is -3.58. The van der Waals surface area contributed by atoms with E-state index in [1.54, 1.807) is 31.4 Å². The highest BCUT2D eigenvalue weighted by molar-refractivity contribution is 6.32. The molecule has 2 aliphatic heterocycles. The molecule has 8 nitrogen and oxygen atoms in total. The average molecular weight is 541 g/mol. The van der Waals surface area contributed by atoms with Crippen LogP contribution in [0.2, 0.25) is 5.02 Å². The average Bonchev–Trinajstić information content (AvgIpc) is 3.76. The number of terminal acetylenes is 1. The molecule has 4 heterocycles. The van der Waals surface area contributed by atoms with Gasteiger partial charge in [-0.1, -0.05) is 11.6 Å². The first-order valence-corrected chi connectivity index (χ1v) is 13.1. The third-order valence-electron chi connectivity index (χ3n) is 7.54. The van der Waals surface area contributed by atoms with Crippen LogP contribution in [-0.2, 0) is 7.05 Å². The predicted octanol–water partition coefficient (Wildman–Crippen LogP) is 4.79. The van der Waals surface area contributed by atoms with Crippen LogP contribution in [0.25, 0.3) is 10.9 Å². The number of fused-ring (bicyclic) bond motifs is 3. The number of anilines is 4. The molecule has 1 saturated carbocycles. The van der Waals surface area contributed by atoms with Crippen molar-refractivity contribution in [3.05, 3.63) is 39.8 Å². The van der Waals surface area contributed by atoms with Gasteiger partial charge >= 0.3 is 5.92 Å². The van der Waals surface area contributed by atoms with Gasteiger partial charge in [0.15, 0.2) is 12.4 Å². The Labute approximate surface area is 223 Å². The first-order chi connectivity index (χ1) is 18.2. The number of aryl methyl sites for hydroxylation is 1. The monoisotopic (exact) mass is 540 g/mol. The highest BCUT2D eigenvalue weighted by Gasteiger charge is 2.51. The zero-order valence-corrected chi connectivity index (χ0v) is 21.6. The van der Waals surface area contributed by atoms with Crippen LogP contribution >= 0.6 is 11.6 Å². The minimum Gasteiger partial charge on any atom is -0.480 e. The number of benzene rings is 1. The normalized spacial score (nSPS) is 22.6. The maximum atomic E-state index is 14.9. The van der Waals surface area contributed by atoms with Gasteiger partial charge in [-0.25, -0.2) is 13.8 Å². The van der Waals surface area contributed by atoms with Crippen molar-refractivity contribution in [3.8, 4) is 18.1 Å². The van der Waals surface area contributed by atoms with Crippen molar-refractivity contribution in [2.24, 2.45) is 18.9 Å². The Morgan fingerprint density at radius 2 is 2.13 bits per heavy atom. The summed E-state index contributed by atoms with van der Waals surface area (Å²) in [6.07, 6.45) is 10.5. The van der Waals surface area contributed by atoms with E-state index in [0.29, 0.717) is 52.8 Å². The van der Waals surface area contributed by atoms with Crippen molar-refractivity contribution in [3.63, 3.8) is 0 Å². The number of ether oxygens (including phenoxy) is 1. The molecule has 198 valence electrons. The minimum atomic E-state index is -3.11. The van der Waals surface area contributed by atoms with E-state index in [0.717, 1.165) is 19.4 Å². The summed E-state index contributed by atoms with van der Waals surface area (Å²) in [5.74, 6) is 0.517. The van der Waals surface area contributed by atoms with Gasteiger partial charge in [-0.3, -0.25) is 4.79 Å². The topological polar surface area (TPSA) is 84.3 Å². The summed E-state index contributed by atoms with van der Waals surface area (Å²) in [7, 11) is 1.60. The molecule has 11 heteroatoms. The Morgan fingerprint density at radius 3 is 2.89 bits per heavy atom. The van der Waals surface area contributed by atoms with E-state index in [1.807, 2.05) is 4.90 Å². The molecule has 1 unspecified atom stereocenters. The van der Waals surface area contributed by atoms with Crippen LogP contribution in [0, 0.1) is 24.2 Å². The van der Waals surface area contributed by atoms with Gasteiger partial charge in [-0.2, -0.15) is 4.98 Å². The van der Waals surface area contributed by atoms with Gasteiger partial charge in [0.2, 0.25) is 11.7 Å². The minimum absolute atomic E-state index is 0.101. The SMILES string of the molecule is C#CC1CCCN(c2ncc(Cl)c(Nc3ccc4c(c3)c3c(c(=O)n4C)OCC(F)(F)[C@H](C4CC4)N3)n2)C1. The number of nitrogens with zero attached hydrogens (tertiary/aromatic N) is 4. The van der Waals surface area contributed by atoms with E-state index in [2.05, 4.69) is 26.5 Å². The lowest BCUT2D eigenvalue weighted by molar-refractivity contribution is -0.0579. The van der Waals surface area contributed by atoms with Crippen molar-refractivity contribution in [1.82, 2.24) is 14.5 Å². The standard InChI is InChI=1S/C27H27ClF2N6O2/c1-3-15-5-4-10-36(13-15)26-31-12-19(28)24(34-26)32-17-8-9-20-18(11-17)21-22(25(37)35(20)2)38-14-27(29,30)23(33-21)16-6-7-16/h1,8-9,11-12,15-16,23,33H,4-7,10,13-14H2,2H3,(H,31,32,34)/t15?,23-/m0/s1. The molecule has 2 fully saturated rings. The van der Waals surface area contributed by atoms with E-state index in [1.165, 1.54) is 4.57 Å². The second kappa shape index (κ2) is 9.31. The highest BCUT2D eigenvalue weighted by atomic mass is 35.5. The van der Waals surface area contributed by atoms with Gasteiger partial charge in [0.25, 0.3) is 5.56 Å². The smallest absolute Gasteiger partial charge is 0.301 e. The zero-order chi connectivity index (χ0) is 26.6. The zero-order valence-electron chi connectivity index (χ0n) is 20.8. The van der Waals surface area contributed by atoms with Gasteiger partial charge < -0.3 is 24.8 Å². The number of halogens is 3. The fourth-order valence-electron chi connectivity index (χ4n) is 5.32. The van der Waals surface area contributed by atoms with Crippen molar-refractivity contribution in [1.29, 1.82) is 0 Å². The molecule has 0 radical (unpaired) electrons. The molecule has 1 saturated heterocycles. The lowest BCUT2D eigenvalue weighted by Crippen LogP contribution is -2.44. The predicted molar refractivity (Wildman–Crippen MR) is 144 cm³/mol. The molecule has 1 aromatic carbocycles. The summed E-state index contributed by atoms with van der Waals surface area (Å²) in [4.78, 5) is 24.1. The maximum absolute atomic E-state index is 14.9. The van der Waals surface area contributed by atoms with Gasteiger partial charge in [0, 0.05) is 37.1 Å². The van der Waals surface area contributed by atoms with E-state index < -0.39 is 24.1 Å². The first-order valence-electron chi connectivity index (χ1n) is 12.7. The van der Waals surface area contributed by atoms with E-state index >= 15 is 0 Å². The summed E-state index contributed by atoms with van der Waals surface area (Å²) >= 11 is 6.43. The van der Waals surface area contributed by atoms with E-state index in [4.69, 9.17) is 22.8 Å². The summed E-state index contributed by atoms with van der Waals surface area (Å²) in [6, 6.07) is 4.22. The Morgan fingerprint density at radius 1 is 1.32 bits per heavy atom. The molecule has 3 aromatic rings. The molecule has 0 bridgehead atoms. The molecule has 3 aliphatic rings. The van der Waals surface area contributed by atoms with Crippen molar-refractivity contribution in [2.45, 2.75) is 37.6 Å². The number of aromatic nitrogens is 3. The quantitative estimate of drug-likeness (QED) is 0.460. The Bertz CT molecular complexity index is 1520. The summed E-state index contributed by atoms with van der Waals surface area (Å²) in [5.41, 5.74) is 1.01. The Balaban J connectivity index is 1.38. The second-order valence-corrected chi connectivity index (χ2v) is 10.7. The lowest BCUT2D eigenvalue weighted by Gasteiger charge is -2.30. The van der Waals surface area contributed by atoms with E-state index in [9.17, 15) is 13.6 Å². The summed E-state index contributed by atoms with van der Waals surface area (Å²) < 4.78 is 36.7. The van der Waals surface area contributed by atoms with Gasteiger partial charge in [-0.05, 0) is 49.8 Å². The van der Waals surface area contributed by atoms with Crippen LogP contribution in [0.1, 0.15) is 25.7 Å². The maximum Gasteiger partial charge on any atom is 0.301 e. The van der Waals surface area contributed by atoms with Crippen LogP contribution in [0.4, 0.5) is 31.9 Å². The molecule has 6 rings (SSSR count). The summed E-state index contributed by atoms with van der Waals surface area (Å²) in [5, 5.41) is 7.14. The molecule has 1 aliphatic carbocycles. The molecular formula is C27H27ClF2N6O2. The van der Waals surface area contributed by atoms with Crippen molar-refractivity contribution < 1.29 is 13.5 Å². The van der Waals surface area contributed by atoms with Crippen LogP contribution in [-0.4, -0.2) is 46.2 Å². The lowest BCUT2D eigenvalue weighted by atomic mass is 9.99. The summed E-state index contributed by atoms with van der Waals surface area (Å²) in [6.45, 7) is 0.628. The number of pyridine rings is 1. The van der Waals surface area contributed by atoms with Gasteiger partial charge in [-0.15, -0.1) is 12.3 Å². The van der Waals surface area contributed by atoms with Crippen molar-refractivity contribution >= 4 is 45.6 Å². The second-order valence-electron chi connectivity index (χ2n) is 10.3. The van der Waals surface area contributed by atoms with Gasteiger partial charge in [0.1, 0.15) is 5.02 Å². The van der Waals surface area contributed by atoms with Crippen LogP contribution in [0.5, 0.6) is 5.75 Å². The number of piperidine rings is 1. The molecular weight excluding hydrogens is 514 g/mol. The highest BCUT2D eigenvalue weighted by Crippen LogP contribution is 2.45. The van der Waals surface area contributed by atoms with E-state index in [-0.39, 0.29) is 23.3 Å². The molecule has 2 atom stereocenters. The number of nitrogens with one attached hydrogen (secondary N) is 2.